The fraction of sp³-hybridized carbons (Fsp3) is 0.462. The molecule has 0 aliphatic rings. The molecule has 19 heavy (non-hydrogen) atoms. The smallest absolute Gasteiger partial charge is 0.125 e. The van der Waals surface area contributed by atoms with Crippen LogP contribution in [0.5, 0.6) is 0 Å². The molecule has 2 atom stereocenters. The van der Waals surface area contributed by atoms with Crippen molar-refractivity contribution in [3.05, 3.63) is 29.0 Å². The van der Waals surface area contributed by atoms with Crippen LogP contribution in [-0.4, -0.2) is 25.8 Å². The Hall–Kier alpha value is -0.580. The number of hydrogen-bond donors (Lipinski definition) is 0. The molecule has 0 bridgehead atoms. The van der Waals surface area contributed by atoms with Crippen molar-refractivity contribution >= 4 is 45.0 Å². The fourth-order valence-corrected chi connectivity index (χ4v) is 3.20. The van der Waals surface area contributed by atoms with Gasteiger partial charge in [-0.15, -0.1) is 11.6 Å². The highest BCUT2D eigenvalue weighted by molar-refractivity contribution is 7.84. The first kappa shape index (κ1) is 14.8. The molecular formula is C13H16Cl2N2OS. The predicted molar refractivity (Wildman–Crippen MR) is 82.6 cm³/mol. The van der Waals surface area contributed by atoms with Gasteiger partial charge in [0.05, 0.1) is 16.9 Å². The van der Waals surface area contributed by atoms with E-state index in [4.69, 9.17) is 23.2 Å². The molecule has 0 aliphatic carbocycles. The molecule has 1 heterocycles. The molecule has 2 rings (SSSR count). The van der Waals surface area contributed by atoms with Gasteiger partial charge in [0.25, 0.3) is 0 Å². The molecule has 0 radical (unpaired) electrons. The summed E-state index contributed by atoms with van der Waals surface area (Å²) in [6.07, 6.45) is 2.54. The van der Waals surface area contributed by atoms with Crippen LogP contribution < -0.4 is 0 Å². The highest BCUT2D eigenvalue weighted by Crippen LogP contribution is 2.26. The lowest BCUT2D eigenvalue weighted by atomic mass is 10.2. The van der Waals surface area contributed by atoms with Crippen LogP contribution in [0.2, 0.25) is 5.02 Å². The molecule has 6 heteroatoms. The van der Waals surface area contributed by atoms with Crippen LogP contribution in [0.3, 0.4) is 0 Å². The molecule has 0 fully saturated rings. The maximum atomic E-state index is 11.2. The van der Waals surface area contributed by atoms with E-state index >= 15 is 0 Å². The standard InChI is InChI=1S/C13H16Cl2N2OS/c1-9(5-6-19(2)18)17-12-7-10(15)3-4-11(12)16-13(17)8-14/h3-4,7,9H,5-6,8H2,1-2H3. The summed E-state index contributed by atoms with van der Waals surface area (Å²) in [7, 11) is -0.787. The Morgan fingerprint density at radius 3 is 2.84 bits per heavy atom. The number of rotatable bonds is 5. The summed E-state index contributed by atoms with van der Waals surface area (Å²) in [6.45, 7) is 2.09. The van der Waals surface area contributed by atoms with Gasteiger partial charge in [0.2, 0.25) is 0 Å². The van der Waals surface area contributed by atoms with Gasteiger partial charge in [-0.25, -0.2) is 4.98 Å². The Balaban J connectivity index is 2.44. The molecule has 2 aromatic rings. The minimum absolute atomic E-state index is 0.195. The largest absolute Gasteiger partial charge is 0.324 e. The molecule has 0 aliphatic heterocycles. The first-order valence-electron chi connectivity index (χ1n) is 6.05. The highest BCUT2D eigenvalue weighted by atomic mass is 35.5. The van der Waals surface area contributed by atoms with Gasteiger partial charge >= 0.3 is 0 Å². The van der Waals surface area contributed by atoms with E-state index in [0.717, 1.165) is 23.3 Å². The molecule has 0 saturated carbocycles. The van der Waals surface area contributed by atoms with Gasteiger partial charge in [0.15, 0.2) is 0 Å². The lowest BCUT2D eigenvalue weighted by Crippen LogP contribution is -2.11. The zero-order valence-corrected chi connectivity index (χ0v) is 13.2. The van der Waals surface area contributed by atoms with Crippen molar-refractivity contribution in [1.82, 2.24) is 9.55 Å². The van der Waals surface area contributed by atoms with Crippen molar-refractivity contribution in [3.63, 3.8) is 0 Å². The second-order valence-corrected chi connectivity index (χ2v) is 6.84. The lowest BCUT2D eigenvalue weighted by Gasteiger charge is -2.16. The van der Waals surface area contributed by atoms with Crippen molar-refractivity contribution in [2.45, 2.75) is 25.3 Å². The van der Waals surface area contributed by atoms with Gasteiger partial charge in [-0.2, -0.15) is 0 Å². The Bertz CT molecular complexity index is 612. The number of halogens is 2. The van der Waals surface area contributed by atoms with Gasteiger partial charge in [-0.1, -0.05) is 11.6 Å². The second kappa shape index (κ2) is 6.25. The summed E-state index contributed by atoms with van der Waals surface area (Å²) in [5.74, 6) is 1.85. The molecule has 2 unspecified atom stereocenters. The maximum absolute atomic E-state index is 11.2. The Morgan fingerprint density at radius 1 is 1.47 bits per heavy atom. The molecular weight excluding hydrogens is 303 g/mol. The molecule has 0 N–H and O–H groups in total. The number of imidazole rings is 1. The Morgan fingerprint density at radius 2 is 2.21 bits per heavy atom. The van der Waals surface area contributed by atoms with E-state index in [1.165, 1.54) is 0 Å². The molecule has 1 aromatic carbocycles. The van der Waals surface area contributed by atoms with Crippen LogP contribution in [-0.2, 0) is 16.7 Å². The van der Waals surface area contributed by atoms with Crippen LogP contribution in [0, 0.1) is 0 Å². The van der Waals surface area contributed by atoms with Crippen molar-refractivity contribution in [1.29, 1.82) is 0 Å². The van der Waals surface area contributed by atoms with Crippen LogP contribution >= 0.6 is 23.2 Å². The third kappa shape index (κ3) is 3.30. The van der Waals surface area contributed by atoms with Crippen molar-refractivity contribution in [2.24, 2.45) is 0 Å². The number of aromatic nitrogens is 2. The minimum Gasteiger partial charge on any atom is -0.324 e. The number of benzene rings is 1. The molecule has 0 amide bonds. The Labute approximate surface area is 125 Å². The van der Waals surface area contributed by atoms with E-state index in [2.05, 4.69) is 16.5 Å². The number of alkyl halides is 1. The molecule has 0 saturated heterocycles. The van der Waals surface area contributed by atoms with Crippen LogP contribution in [0.15, 0.2) is 18.2 Å². The van der Waals surface area contributed by atoms with Gasteiger partial charge < -0.3 is 4.57 Å². The summed E-state index contributed by atoms with van der Waals surface area (Å²) in [5.41, 5.74) is 1.88. The average Bonchev–Trinajstić information content (AvgIpc) is 2.73. The van der Waals surface area contributed by atoms with E-state index in [0.29, 0.717) is 16.7 Å². The summed E-state index contributed by atoms with van der Waals surface area (Å²) in [4.78, 5) is 4.52. The van der Waals surface area contributed by atoms with Crippen LogP contribution in [0.1, 0.15) is 25.2 Å². The van der Waals surface area contributed by atoms with E-state index < -0.39 is 10.8 Å². The van der Waals surface area contributed by atoms with Crippen molar-refractivity contribution in [3.8, 4) is 0 Å². The van der Waals surface area contributed by atoms with E-state index in [1.807, 2.05) is 18.2 Å². The third-order valence-electron chi connectivity index (χ3n) is 3.11. The quantitative estimate of drug-likeness (QED) is 0.787. The summed E-state index contributed by atoms with van der Waals surface area (Å²) < 4.78 is 13.3. The number of nitrogens with zero attached hydrogens (tertiary/aromatic N) is 2. The number of hydrogen-bond acceptors (Lipinski definition) is 2. The minimum atomic E-state index is -0.787. The van der Waals surface area contributed by atoms with E-state index in [9.17, 15) is 4.21 Å². The van der Waals surface area contributed by atoms with E-state index in [-0.39, 0.29) is 6.04 Å². The van der Waals surface area contributed by atoms with Gasteiger partial charge in [-0.3, -0.25) is 4.21 Å². The maximum Gasteiger partial charge on any atom is 0.125 e. The zero-order chi connectivity index (χ0) is 14.0. The zero-order valence-electron chi connectivity index (χ0n) is 10.9. The van der Waals surface area contributed by atoms with Gasteiger partial charge in [0, 0.05) is 33.9 Å². The Kier molecular flexibility index (Phi) is 4.87. The molecule has 104 valence electrons. The van der Waals surface area contributed by atoms with Crippen molar-refractivity contribution in [2.75, 3.05) is 12.0 Å². The second-order valence-electron chi connectivity index (χ2n) is 4.58. The third-order valence-corrected chi connectivity index (χ3v) is 4.39. The topological polar surface area (TPSA) is 34.9 Å². The summed E-state index contributed by atoms with van der Waals surface area (Å²) in [6, 6.07) is 5.82. The first-order chi connectivity index (χ1) is 9.02. The highest BCUT2D eigenvalue weighted by Gasteiger charge is 2.15. The summed E-state index contributed by atoms with van der Waals surface area (Å²) in [5, 5.41) is 0.682. The SMILES string of the molecule is CC(CCS(C)=O)n1c(CCl)nc2ccc(Cl)cc21. The molecule has 0 spiro atoms. The normalized spacial score (nSPS) is 14.7. The summed E-state index contributed by atoms with van der Waals surface area (Å²) >= 11 is 12.0. The fourth-order valence-electron chi connectivity index (χ4n) is 2.17. The average molecular weight is 319 g/mol. The van der Waals surface area contributed by atoms with Gasteiger partial charge in [-0.05, 0) is 31.5 Å². The number of fused-ring (bicyclic) bond motifs is 1. The molecule has 3 nitrogen and oxygen atoms in total. The monoisotopic (exact) mass is 318 g/mol. The van der Waals surface area contributed by atoms with Gasteiger partial charge in [0.1, 0.15) is 5.82 Å². The molecule has 1 aromatic heterocycles. The van der Waals surface area contributed by atoms with E-state index in [1.54, 1.807) is 6.26 Å². The first-order valence-corrected chi connectivity index (χ1v) is 8.69. The van der Waals surface area contributed by atoms with Crippen LogP contribution in [0.4, 0.5) is 0 Å². The van der Waals surface area contributed by atoms with Crippen molar-refractivity contribution < 1.29 is 4.21 Å². The predicted octanol–water partition coefficient (Wildman–Crippen LogP) is 3.76. The lowest BCUT2D eigenvalue weighted by molar-refractivity contribution is 0.531. The van der Waals surface area contributed by atoms with Crippen LogP contribution in [0.25, 0.3) is 11.0 Å².